The van der Waals surface area contributed by atoms with Crippen molar-refractivity contribution in [2.24, 2.45) is 0 Å². The van der Waals surface area contributed by atoms with Gasteiger partial charge in [-0.05, 0) is 6.42 Å². The molecule has 0 aliphatic carbocycles. The van der Waals surface area contributed by atoms with E-state index in [0.717, 1.165) is 0 Å². The molecule has 1 heterocycles. The molecule has 0 fully saturated rings. The van der Waals surface area contributed by atoms with E-state index in [0.29, 0.717) is 22.4 Å². The van der Waals surface area contributed by atoms with Gasteiger partial charge in [0.05, 0.1) is 12.8 Å². The van der Waals surface area contributed by atoms with Crippen molar-refractivity contribution < 1.29 is 9.84 Å². The normalized spacial score (nSPS) is 12.4. The zero-order chi connectivity index (χ0) is 10.4. The molecule has 1 atom stereocenters. The van der Waals surface area contributed by atoms with Crippen molar-refractivity contribution in [3.8, 4) is 6.07 Å². The Balaban J connectivity index is 2.51. The van der Waals surface area contributed by atoms with Crippen molar-refractivity contribution in [2.45, 2.75) is 12.5 Å². The first-order valence-electron chi connectivity index (χ1n) is 4.01. The van der Waals surface area contributed by atoms with Crippen LogP contribution in [0.25, 0.3) is 0 Å². The molecule has 1 rings (SSSR count). The van der Waals surface area contributed by atoms with Gasteiger partial charge in [-0.15, -0.1) is 11.3 Å². The molecule has 1 unspecified atom stereocenters. The van der Waals surface area contributed by atoms with Gasteiger partial charge in [-0.3, -0.25) is 0 Å². The van der Waals surface area contributed by atoms with Crippen molar-refractivity contribution in [1.29, 1.82) is 5.26 Å². The number of nitriles is 1. The van der Waals surface area contributed by atoms with Crippen LogP contribution in [0.5, 0.6) is 0 Å². The Labute approximate surface area is 90.7 Å². The van der Waals surface area contributed by atoms with Gasteiger partial charge in [0.15, 0.2) is 6.10 Å². The maximum absolute atomic E-state index is 8.77. The molecule has 1 N–H and O–H groups in total. The standard InChI is InChI=1S/C8H9ClN2O2S/c9-7-5-11-8(14-7)6(4-10)13-3-1-2-12/h5-6,12H,1-3H2. The molecule has 76 valence electrons. The molecule has 0 aliphatic heterocycles. The molecule has 1 aromatic heterocycles. The number of thiazole rings is 1. The molecule has 0 saturated carbocycles. The lowest BCUT2D eigenvalue weighted by atomic mass is 10.4. The third-order valence-electron chi connectivity index (χ3n) is 1.42. The highest BCUT2D eigenvalue weighted by molar-refractivity contribution is 7.15. The highest BCUT2D eigenvalue weighted by atomic mass is 35.5. The van der Waals surface area contributed by atoms with E-state index in [2.05, 4.69) is 4.98 Å². The van der Waals surface area contributed by atoms with Crippen LogP contribution in [-0.4, -0.2) is 23.3 Å². The Morgan fingerprint density at radius 3 is 3.07 bits per heavy atom. The minimum Gasteiger partial charge on any atom is -0.396 e. The highest BCUT2D eigenvalue weighted by Crippen LogP contribution is 2.25. The number of hydrogen-bond donors (Lipinski definition) is 1. The number of halogens is 1. The summed E-state index contributed by atoms with van der Waals surface area (Å²) in [4.78, 5) is 3.94. The molecule has 0 aliphatic rings. The molecule has 0 bridgehead atoms. The molecule has 0 saturated heterocycles. The summed E-state index contributed by atoms with van der Waals surface area (Å²) in [5.41, 5.74) is 0. The Hall–Kier alpha value is -0.670. The lowest BCUT2D eigenvalue weighted by molar-refractivity contribution is 0.0772. The van der Waals surface area contributed by atoms with Gasteiger partial charge in [-0.25, -0.2) is 4.98 Å². The molecule has 14 heavy (non-hydrogen) atoms. The smallest absolute Gasteiger partial charge is 0.195 e. The largest absolute Gasteiger partial charge is 0.396 e. The SMILES string of the molecule is N#CC(OCCCO)c1ncc(Cl)s1. The second-order valence-corrected chi connectivity index (χ2v) is 4.15. The van der Waals surface area contributed by atoms with Crippen molar-refractivity contribution in [3.05, 3.63) is 15.5 Å². The van der Waals surface area contributed by atoms with Gasteiger partial charge in [0.1, 0.15) is 15.4 Å². The second-order valence-electron chi connectivity index (χ2n) is 2.46. The predicted molar refractivity (Wildman–Crippen MR) is 53.1 cm³/mol. The van der Waals surface area contributed by atoms with Crippen LogP contribution in [-0.2, 0) is 4.74 Å². The van der Waals surface area contributed by atoms with Crippen LogP contribution in [0.15, 0.2) is 6.20 Å². The molecule has 0 radical (unpaired) electrons. The third kappa shape index (κ3) is 3.24. The molecule has 6 heteroatoms. The van der Waals surface area contributed by atoms with E-state index in [1.54, 1.807) is 0 Å². The summed E-state index contributed by atoms with van der Waals surface area (Å²) in [6.45, 7) is 0.392. The summed E-state index contributed by atoms with van der Waals surface area (Å²) in [7, 11) is 0. The number of ether oxygens (including phenoxy) is 1. The average Bonchev–Trinajstić information content (AvgIpc) is 2.60. The topological polar surface area (TPSA) is 66.1 Å². The fourth-order valence-electron chi connectivity index (χ4n) is 0.818. The number of aromatic nitrogens is 1. The second kappa shape index (κ2) is 5.94. The first-order valence-corrected chi connectivity index (χ1v) is 5.20. The molecule has 4 nitrogen and oxygen atoms in total. The van der Waals surface area contributed by atoms with E-state index in [-0.39, 0.29) is 6.61 Å². The minimum absolute atomic E-state index is 0.0524. The van der Waals surface area contributed by atoms with Crippen LogP contribution in [0.2, 0.25) is 4.34 Å². The summed E-state index contributed by atoms with van der Waals surface area (Å²) in [6, 6.07) is 1.98. The van der Waals surface area contributed by atoms with Crippen LogP contribution in [0.4, 0.5) is 0 Å². The molecule has 1 aromatic rings. The summed E-state index contributed by atoms with van der Waals surface area (Å²) >= 11 is 6.90. The number of hydrogen-bond acceptors (Lipinski definition) is 5. The van der Waals surface area contributed by atoms with E-state index in [1.165, 1.54) is 17.5 Å². The predicted octanol–water partition coefficient (Wildman–Crippen LogP) is 1.76. The van der Waals surface area contributed by atoms with Crippen molar-refractivity contribution in [2.75, 3.05) is 13.2 Å². The number of aliphatic hydroxyl groups is 1. The molecular formula is C8H9ClN2O2S. The average molecular weight is 233 g/mol. The maximum Gasteiger partial charge on any atom is 0.195 e. The van der Waals surface area contributed by atoms with Gasteiger partial charge in [0.25, 0.3) is 0 Å². The Bertz CT molecular complexity index is 323. The molecular weight excluding hydrogens is 224 g/mol. The van der Waals surface area contributed by atoms with E-state index < -0.39 is 6.10 Å². The highest BCUT2D eigenvalue weighted by Gasteiger charge is 2.14. The Morgan fingerprint density at radius 2 is 2.57 bits per heavy atom. The van der Waals surface area contributed by atoms with E-state index in [1.807, 2.05) is 6.07 Å². The van der Waals surface area contributed by atoms with E-state index in [4.69, 9.17) is 26.7 Å². The molecule has 0 spiro atoms. The first kappa shape index (κ1) is 11.4. The summed E-state index contributed by atoms with van der Waals surface area (Å²) < 4.78 is 5.73. The van der Waals surface area contributed by atoms with Gasteiger partial charge < -0.3 is 9.84 Å². The van der Waals surface area contributed by atoms with Gasteiger partial charge in [-0.1, -0.05) is 11.6 Å². The van der Waals surface area contributed by atoms with Gasteiger partial charge in [-0.2, -0.15) is 5.26 Å². The maximum atomic E-state index is 8.77. The molecule has 0 aromatic carbocycles. The third-order valence-corrected chi connectivity index (χ3v) is 2.58. The van der Waals surface area contributed by atoms with Crippen molar-refractivity contribution >= 4 is 22.9 Å². The number of nitrogens with zero attached hydrogens (tertiary/aromatic N) is 2. The van der Waals surface area contributed by atoms with Gasteiger partial charge >= 0.3 is 0 Å². The first-order chi connectivity index (χ1) is 6.77. The minimum atomic E-state index is -0.681. The lowest BCUT2D eigenvalue weighted by Crippen LogP contribution is -2.04. The zero-order valence-electron chi connectivity index (χ0n) is 7.31. The summed E-state index contributed by atoms with van der Waals surface area (Å²) in [6.07, 6.45) is 1.32. The van der Waals surface area contributed by atoms with Crippen LogP contribution < -0.4 is 0 Å². The van der Waals surface area contributed by atoms with Crippen molar-refractivity contribution in [3.63, 3.8) is 0 Å². The van der Waals surface area contributed by atoms with Gasteiger partial charge in [0, 0.05) is 6.61 Å². The van der Waals surface area contributed by atoms with Crippen LogP contribution in [0.3, 0.4) is 0 Å². The Morgan fingerprint density at radius 1 is 1.79 bits per heavy atom. The van der Waals surface area contributed by atoms with Crippen molar-refractivity contribution in [1.82, 2.24) is 4.98 Å². The van der Waals surface area contributed by atoms with Crippen LogP contribution in [0, 0.1) is 11.3 Å². The quantitative estimate of drug-likeness (QED) is 0.786. The monoisotopic (exact) mass is 232 g/mol. The number of rotatable bonds is 5. The fourth-order valence-corrected chi connectivity index (χ4v) is 1.74. The summed E-state index contributed by atoms with van der Waals surface area (Å²) in [5.74, 6) is 0. The summed E-state index contributed by atoms with van der Waals surface area (Å²) in [5, 5.41) is 17.9. The lowest BCUT2D eigenvalue weighted by Gasteiger charge is -2.06. The van der Waals surface area contributed by atoms with Crippen LogP contribution in [0.1, 0.15) is 17.5 Å². The van der Waals surface area contributed by atoms with E-state index >= 15 is 0 Å². The van der Waals surface area contributed by atoms with Crippen LogP contribution >= 0.6 is 22.9 Å². The van der Waals surface area contributed by atoms with Gasteiger partial charge in [0.2, 0.25) is 0 Å². The zero-order valence-corrected chi connectivity index (χ0v) is 8.88. The number of aliphatic hydroxyl groups excluding tert-OH is 1. The Kier molecular flexibility index (Phi) is 4.84. The fraction of sp³-hybridized carbons (Fsp3) is 0.500. The molecule has 0 amide bonds. The van der Waals surface area contributed by atoms with E-state index in [9.17, 15) is 0 Å².